The van der Waals surface area contributed by atoms with Crippen molar-refractivity contribution in [2.75, 3.05) is 21.3 Å². The van der Waals surface area contributed by atoms with E-state index in [1.807, 2.05) is 12.1 Å². The van der Waals surface area contributed by atoms with Crippen LogP contribution in [0.4, 0.5) is 0 Å². The molecule has 1 aromatic rings. The van der Waals surface area contributed by atoms with Crippen molar-refractivity contribution >= 4 is 12.4 Å². The highest BCUT2D eigenvalue weighted by molar-refractivity contribution is 5.85. The van der Waals surface area contributed by atoms with Crippen molar-refractivity contribution in [2.45, 2.75) is 6.54 Å². The lowest BCUT2D eigenvalue weighted by Gasteiger charge is -2.13. The molecule has 0 unspecified atom stereocenters. The topological polar surface area (TPSA) is 53.7 Å². The van der Waals surface area contributed by atoms with E-state index in [1.165, 1.54) is 0 Å². The van der Waals surface area contributed by atoms with E-state index in [2.05, 4.69) is 0 Å². The number of rotatable bonds is 4. The molecule has 0 spiro atoms. The number of methoxy groups -OCH3 is 3. The number of halogens is 1. The van der Waals surface area contributed by atoms with Crippen LogP contribution in [-0.2, 0) is 6.54 Å². The zero-order chi connectivity index (χ0) is 10.6. The minimum atomic E-state index is 0. The molecule has 86 valence electrons. The molecule has 0 aliphatic rings. The molecule has 2 N–H and O–H groups in total. The largest absolute Gasteiger partial charge is 0.493 e. The standard InChI is InChI=1S/C10H15NO3.ClH/c1-12-8-4-7(6-11)5-9(13-2)10(8)14-3;/h4-5H,6,11H2,1-3H3;1H. The molecular formula is C10H16ClNO3. The minimum absolute atomic E-state index is 0. The molecule has 0 bridgehead atoms. The predicted molar refractivity (Wildman–Crippen MR) is 61.2 cm³/mol. The van der Waals surface area contributed by atoms with E-state index in [4.69, 9.17) is 19.9 Å². The number of nitrogens with two attached hydrogens (primary N) is 1. The van der Waals surface area contributed by atoms with E-state index in [1.54, 1.807) is 21.3 Å². The van der Waals surface area contributed by atoms with Crippen LogP contribution in [0.3, 0.4) is 0 Å². The van der Waals surface area contributed by atoms with Crippen LogP contribution in [0, 0.1) is 0 Å². The molecule has 0 saturated carbocycles. The maximum Gasteiger partial charge on any atom is 0.203 e. The van der Waals surface area contributed by atoms with Gasteiger partial charge in [0.1, 0.15) is 0 Å². The van der Waals surface area contributed by atoms with Crippen molar-refractivity contribution in [3.63, 3.8) is 0 Å². The molecule has 0 saturated heterocycles. The fourth-order valence-corrected chi connectivity index (χ4v) is 1.25. The highest BCUT2D eigenvalue weighted by atomic mass is 35.5. The summed E-state index contributed by atoms with van der Waals surface area (Å²) in [7, 11) is 4.73. The first-order valence-corrected chi connectivity index (χ1v) is 4.25. The van der Waals surface area contributed by atoms with E-state index in [0.29, 0.717) is 23.8 Å². The van der Waals surface area contributed by atoms with E-state index in [0.717, 1.165) is 5.56 Å². The molecule has 0 aromatic heterocycles. The summed E-state index contributed by atoms with van der Waals surface area (Å²) < 4.78 is 15.5. The average Bonchev–Trinajstić information content (AvgIpc) is 2.26. The lowest BCUT2D eigenvalue weighted by atomic mass is 10.2. The summed E-state index contributed by atoms with van der Waals surface area (Å²) >= 11 is 0. The van der Waals surface area contributed by atoms with Gasteiger partial charge in [-0.1, -0.05) is 0 Å². The van der Waals surface area contributed by atoms with E-state index >= 15 is 0 Å². The Morgan fingerprint density at radius 3 is 1.73 bits per heavy atom. The minimum Gasteiger partial charge on any atom is -0.493 e. The van der Waals surface area contributed by atoms with Crippen LogP contribution in [0.25, 0.3) is 0 Å². The van der Waals surface area contributed by atoms with Crippen molar-refractivity contribution in [2.24, 2.45) is 5.73 Å². The second-order valence-corrected chi connectivity index (χ2v) is 2.74. The predicted octanol–water partition coefficient (Wildman–Crippen LogP) is 1.59. The Labute approximate surface area is 95.7 Å². The zero-order valence-corrected chi connectivity index (χ0v) is 9.89. The quantitative estimate of drug-likeness (QED) is 0.858. The third kappa shape index (κ3) is 2.91. The molecular weight excluding hydrogens is 218 g/mol. The van der Waals surface area contributed by atoms with Crippen molar-refractivity contribution in [3.05, 3.63) is 17.7 Å². The van der Waals surface area contributed by atoms with Gasteiger partial charge in [-0.3, -0.25) is 0 Å². The number of hydrogen-bond donors (Lipinski definition) is 1. The summed E-state index contributed by atoms with van der Waals surface area (Å²) in [5.41, 5.74) is 6.48. The van der Waals surface area contributed by atoms with E-state index < -0.39 is 0 Å². The fourth-order valence-electron chi connectivity index (χ4n) is 1.25. The first-order chi connectivity index (χ1) is 6.76. The molecule has 0 fully saturated rings. The summed E-state index contributed by atoms with van der Waals surface area (Å²) in [5.74, 6) is 1.85. The van der Waals surface area contributed by atoms with Gasteiger partial charge in [-0.2, -0.15) is 0 Å². The Kier molecular flexibility index (Phi) is 5.89. The average molecular weight is 234 g/mol. The summed E-state index contributed by atoms with van der Waals surface area (Å²) in [4.78, 5) is 0. The van der Waals surface area contributed by atoms with Gasteiger partial charge in [0.05, 0.1) is 21.3 Å². The molecule has 0 radical (unpaired) electrons. The third-order valence-electron chi connectivity index (χ3n) is 1.96. The zero-order valence-electron chi connectivity index (χ0n) is 9.07. The van der Waals surface area contributed by atoms with Gasteiger partial charge in [0.25, 0.3) is 0 Å². The molecule has 0 atom stereocenters. The fraction of sp³-hybridized carbons (Fsp3) is 0.400. The summed E-state index contributed by atoms with van der Waals surface area (Å²) in [6.45, 7) is 0.441. The van der Waals surface area contributed by atoms with Crippen LogP contribution in [0.1, 0.15) is 5.56 Å². The Bertz CT molecular complexity index is 293. The summed E-state index contributed by atoms with van der Waals surface area (Å²) in [6.07, 6.45) is 0. The van der Waals surface area contributed by atoms with Crippen LogP contribution in [0.5, 0.6) is 17.2 Å². The molecule has 15 heavy (non-hydrogen) atoms. The van der Waals surface area contributed by atoms with E-state index in [-0.39, 0.29) is 12.4 Å². The van der Waals surface area contributed by atoms with Crippen LogP contribution >= 0.6 is 12.4 Å². The maximum absolute atomic E-state index is 5.54. The van der Waals surface area contributed by atoms with Crippen LogP contribution in [-0.4, -0.2) is 21.3 Å². The molecule has 0 amide bonds. The van der Waals surface area contributed by atoms with Gasteiger partial charge >= 0.3 is 0 Å². The van der Waals surface area contributed by atoms with E-state index in [9.17, 15) is 0 Å². The first kappa shape index (κ1) is 13.9. The molecule has 1 rings (SSSR count). The summed E-state index contributed by atoms with van der Waals surface area (Å²) in [6, 6.07) is 3.67. The third-order valence-corrected chi connectivity index (χ3v) is 1.96. The monoisotopic (exact) mass is 233 g/mol. The lowest BCUT2D eigenvalue weighted by molar-refractivity contribution is 0.324. The van der Waals surface area contributed by atoms with Crippen LogP contribution in [0.15, 0.2) is 12.1 Å². The van der Waals surface area contributed by atoms with Gasteiger partial charge < -0.3 is 19.9 Å². The highest BCUT2D eigenvalue weighted by Gasteiger charge is 2.11. The number of benzene rings is 1. The molecule has 1 aromatic carbocycles. The molecule has 0 aliphatic heterocycles. The van der Waals surface area contributed by atoms with Crippen LogP contribution < -0.4 is 19.9 Å². The normalized spacial score (nSPS) is 9.07. The van der Waals surface area contributed by atoms with Gasteiger partial charge in [0.15, 0.2) is 11.5 Å². The molecule has 4 nitrogen and oxygen atoms in total. The Morgan fingerprint density at radius 2 is 1.47 bits per heavy atom. The van der Waals surface area contributed by atoms with Crippen molar-refractivity contribution in [1.29, 1.82) is 0 Å². The number of ether oxygens (including phenoxy) is 3. The van der Waals surface area contributed by atoms with Crippen molar-refractivity contribution < 1.29 is 14.2 Å². The summed E-state index contributed by atoms with van der Waals surface area (Å²) in [5, 5.41) is 0. The molecule has 5 heteroatoms. The van der Waals surface area contributed by atoms with Crippen molar-refractivity contribution in [3.8, 4) is 17.2 Å². The van der Waals surface area contributed by atoms with Gasteiger partial charge in [0.2, 0.25) is 5.75 Å². The van der Waals surface area contributed by atoms with Gasteiger partial charge in [-0.15, -0.1) is 12.4 Å². The molecule has 0 aliphatic carbocycles. The first-order valence-electron chi connectivity index (χ1n) is 4.25. The van der Waals surface area contributed by atoms with Crippen molar-refractivity contribution in [1.82, 2.24) is 0 Å². The lowest BCUT2D eigenvalue weighted by Crippen LogP contribution is -2.00. The Morgan fingerprint density at radius 1 is 1.00 bits per heavy atom. The highest BCUT2D eigenvalue weighted by Crippen LogP contribution is 2.37. The smallest absolute Gasteiger partial charge is 0.203 e. The Hall–Kier alpha value is -1.13. The molecule has 0 heterocycles. The van der Waals surface area contributed by atoms with Gasteiger partial charge in [-0.05, 0) is 17.7 Å². The number of hydrogen-bond acceptors (Lipinski definition) is 4. The van der Waals surface area contributed by atoms with Gasteiger partial charge in [-0.25, -0.2) is 0 Å². The SMILES string of the molecule is COc1cc(CN)cc(OC)c1OC.Cl. The van der Waals surface area contributed by atoms with Gasteiger partial charge in [0, 0.05) is 6.54 Å². The second-order valence-electron chi connectivity index (χ2n) is 2.74. The Balaban J connectivity index is 0.00000196. The second kappa shape index (κ2) is 6.37. The maximum atomic E-state index is 5.54. The van der Waals surface area contributed by atoms with Crippen LogP contribution in [0.2, 0.25) is 0 Å².